The molecule has 0 radical (unpaired) electrons. The maximum atomic E-state index is 13.1. The van der Waals surface area contributed by atoms with Gasteiger partial charge in [0, 0.05) is 43.2 Å². The lowest BCUT2D eigenvalue weighted by Gasteiger charge is -2.49. The lowest BCUT2D eigenvalue weighted by molar-refractivity contribution is 0.00563. The van der Waals surface area contributed by atoms with E-state index < -0.39 is 10.8 Å². The molecule has 10 heteroatoms. The van der Waals surface area contributed by atoms with Gasteiger partial charge in [-0.1, -0.05) is 17.8 Å². The maximum absolute atomic E-state index is 13.1. The number of thioether (sulfide) groups is 1. The molecule has 6 unspecified atom stereocenters. The zero-order valence-corrected chi connectivity index (χ0v) is 19.4. The predicted molar refractivity (Wildman–Crippen MR) is 127 cm³/mol. The van der Waals surface area contributed by atoms with E-state index in [1.54, 1.807) is 25.1 Å². The molecule has 4 N–H and O–H groups in total. The van der Waals surface area contributed by atoms with Gasteiger partial charge in [0.05, 0.1) is 38.5 Å². The molecule has 0 aliphatic carbocycles. The topological polar surface area (TPSA) is 98.5 Å². The molecule has 0 spiro atoms. The highest BCUT2D eigenvalue weighted by Crippen LogP contribution is 2.54. The van der Waals surface area contributed by atoms with E-state index >= 15 is 0 Å². The largest absolute Gasteiger partial charge is 0.384 e. The van der Waals surface area contributed by atoms with Gasteiger partial charge in [0.25, 0.3) is 5.56 Å². The van der Waals surface area contributed by atoms with Crippen LogP contribution in [0.4, 0.5) is 0 Å². The quantitative estimate of drug-likeness (QED) is 0.519. The summed E-state index contributed by atoms with van der Waals surface area (Å²) >= 11 is 1.71. The van der Waals surface area contributed by atoms with Crippen LogP contribution in [0.5, 0.6) is 0 Å². The van der Waals surface area contributed by atoms with Crippen molar-refractivity contribution < 1.29 is 8.95 Å². The summed E-state index contributed by atoms with van der Waals surface area (Å²) in [7, 11) is 0.561. The first-order valence-corrected chi connectivity index (χ1v) is 13.3. The molecule has 32 heavy (non-hydrogen) atoms. The molecule has 0 bridgehead atoms. The molecule has 0 saturated carbocycles. The number of aromatic nitrogens is 1. The third kappa shape index (κ3) is 3.36. The number of fused-ring (bicyclic) bond motifs is 3. The van der Waals surface area contributed by atoms with E-state index in [0.29, 0.717) is 35.6 Å². The number of methoxy groups -OCH3 is 1. The summed E-state index contributed by atoms with van der Waals surface area (Å²) in [4.78, 5) is 14.9. The first-order valence-electron chi connectivity index (χ1n) is 11.1. The molecular formula is C22H27N5O3S2. The van der Waals surface area contributed by atoms with Crippen molar-refractivity contribution in [2.24, 2.45) is 11.8 Å². The van der Waals surface area contributed by atoms with Crippen molar-refractivity contribution in [2.75, 3.05) is 26.0 Å². The molecule has 1 aromatic heterocycles. The van der Waals surface area contributed by atoms with Crippen molar-refractivity contribution in [3.05, 3.63) is 56.3 Å². The fraction of sp³-hybridized carbons (Fsp3) is 0.500. The number of benzene rings is 1. The molecule has 1 aromatic carbocycles. The summed E-state index contributed by atoms with van der Waals surface area (Å²) in [5, 5.41) is 7.86. The first kappa shape index (κ1) is 20.9. The molecule has 170 valence electrons. The Morgan fingerprint density at radius 3 is 3.09 bits per heavy atom. The Labute approximate surface area is 192 Å². The molecule has 6 rings (SSSR count). The number of rotatable bonds is 5. The minimum absolute atomic E-state index is 0.0554. The van der Waals surface area contributed by atoms with Crippen LogP contribution in [-0.2, 0) is 15.5 Å². The number of piperidine rings is 1. The normalized spacial score (nSPS) is 32.6. The highest BCUT2D eigenvalue weighted by molar-refractivity contribution is 8.17. The Kier molecular flexibility index (Phi) is 5.39. The molecule has 3 fully saturated rings. The predicted octanol–water partition coefficient (Wildman–Crippen LogP) is 1.53. The zero-order valence-electron chi connectivity index (χ0n) is 17.8. The van der Waals surface area contributed by atoms with Crippen molar-refractivity contribution in [3.63, 3.8) is 0 Å². The summed E-state index contributed by atoms with van der Waals surface area (Å²) in [5.41, 5.74) is 9.29. The minimum atomic E-state index is -1.09. The molecule has 6 atom stereocenters. The van der Waals surface area contributed by atoms with Gasteiger partial charge in [-0.15, -0.1) is 0 Å². The molecule has 4 aliphatic rings. The molecule has 4 aliphatic heterocycles. The van der Waals surface area contributed by atoms with Crippen LogP contribution < -0.4 is 21.7 Å². The number of H-pyrrole nitrogens is 1. The van der Waals surface area contributed by atoms with Crippen LogP contribution >= 0.6 is 11.8 Å². The van der Waals surface area contributed by atoms with E-state index in [1.165, 1.54) is 5.56 Å². The average Bonchev–Trinajstić information content (AvgIpc) is 3.43. The standard InChI is InChI=1S/C22H27N5O3S2/c1-30-8-9-32(29)22-19-18-15(17-5-7-24-27(17)26-19)11-16(25-21(18)31-22)13-2-3-14-12(10-13)4-6-23-20(14)28/h2-4,6,10,15-18,21,24-26H,5,7-9,11H2,1H3,(H,23,28). The van der Waals surface area contributed by atoms with Crippen molar-refractivity contribution in [2.45, 2.75) is 30.3 Å². The summed E-state index contributed by atoms with van der Waals surface area (Å²) < 4.78 is 19.2. The van der Waals surface area contributed by atoms with Crippen LogP contribution in [0.3, 0.4) is 0 Å². The molecule has 5 heterocycles. The number of ether oxygens (including phenoxy) is 1. The second-order valence-corrected chi connectivity index (χ2v) is 11.7. The average molecular weight is 474 g/mol. The SMILES string of the molecule is COCCS(=O)C1=C2NN3NCCC3C3CC(c4ccc5c(=O)[nH]ccc5c4)NC(S1)C23. The van der Waals surface area contributed by atoms with Gasteiger partial charge in [0.15, 0.2) is 0 Å². The fourth-order valence-electron chi connectivity index (χ4n) is 5.64. The number of hydrazine groups is 2. The Balaban J connectivity index is 1.34. The number of hydrogen-bond donors (Lipinski definition) is 4. The van der Waals surface area contributed by atoms with Crippen LogP contribution in [0.1, 0.15) is 24.4 Å². The monoisotopic (exact) mass is 473 g/mol. The summed E-state index contributed by atoms with van der Waals surface area (Å²) in [6.45, 7) is 1.44. The van der Waals surface area contributed by atoms with E-state index in [9.17, 15) is 9.00 Å². The van der Waals surface area contributed by atoms with Crippen LogP contribution in [0.15, 0.2) is 45.2 Å². The number of aromatic amines is 1. The minimum Gasteiger partial charge on any atom is -0.384 e. The van der Waals surface area contributed by atoms with Crippen LogP contribution in [0.2, 0.25) is 0 Å². The molecule has 3 saturated heterocycles. The van der Waals surface area contributed by atoms with Gasteiger partial charge in [0.2, 0.25) is 0 Å². The summed E-state index contributed by atoms with van der Waals surface area (Å²) in [6.07, 6.45) is 3.81. The van der Waals surface area contributed by atoms with E-state index in [-0.39, 0.29) is 17.0 Å². The zero-order chi connectivity index (χ0) is 21.8. The van der Waals surface area contributed by atoms with Gasteiger partial charge in [-0.25, -0.2) is 5.43 Å². The highest BCUT2D eigenvalue weighted by atomic mass is 32.2. The Morgan fingerprint density at radius 2 is 2.22 bits per heavy atom. The van der Waals surface area contributed by atoms with Crippen molar-refractivity contribution in [1.82, 2.24) is 26.3 Å². The van der Waals surface area contributed by atoms with Crippen LogP contribution in [0.25, 0.3) is 10.8 Å². The number of pyridine rings is 1. The fourth-order valence-corrected chi connectivity index (χ4v) is 8.82. The third-order valence-corrected chi connectivity index (χ3v) is 10.3. The second-order valence-electron chi connectivity index (χ2n) is 8.83. The van der Waals surface area contributed by atoms with Gasteiger partial charge in [0.1, 0.15) is 0 Å². The highest BCUT2D eigenvalue weighted by Gasteiger charge is 2.54. The Bertz CT molecular complexity index is 1170. The smallest absolute Gasteiger partial charge is 0.255 e. The number of nitrogens with one attached hydrogen (secondary N) is 4. The van der Waals surface area contributed by atoms with Gasteiger partial charge >= 0.3 is 0 Å². The number of hydrogen-bond acceptors (Lipinski definition) is 8. The van der Waals surface area contributed by atoms with Crippen molar-refractivity contribution in [3.8, 4) is 0 Å². The molecule has 8 nitrogen and oxygen atoms in total. The summed E-state index contributed by atoms with van der Waals surface area (Å²) in [6, 6.07) is 8.70. The van der Waals surface area contributed by atoms with Gasteiger partial charge in [-0.3, -0.25) is 14.3 Å². The van der Waals surface area contributed by atoms with Gasteiger partial charge < -0.3 is 15.1 Å². The summed E-state index contributed by atoms with van der Waals surface area (Å²) in [5.74, 6) is 1.28. The van der Waals surface area contributed by atoms with Crippen LogP contribution in [0, 0.1) is 11.8 Å². The van der Waals surface area contributed by atoms with Gasteiger partial charge in [-0.2, -0.15) is 5.12 Å². The lowest BCUT2D eigenvalue weighted by Crippen LogP contribution is -2.61. The first-order chi connectivity index (χ1) is 15.6. The Hall–Kier alpha value is -1.69. The van der Waals surface area contributed by atoms with E-state index in [0.717, 1.165) is 34.7 Å². The third-order valence-electron chi connectivity index (χ3n) is 7.12. The van der Waals surface area contributed by atoms with E-state index in [1.807, 2.05) is 12.1 Å². The lowest BCUT2D eigenvalue weighted by atomic mass is 9.74. The van der Waals surface area contributed by atoms with Crippen molar-refractivity contribution in [1.29, 1.82) is 0 Å². The van der Waals surface area contributed by atoms with E-state index in [4.69, 9.17) is 4.74 Å². The molecular weight excluding hydrogens is 446 g/mol. The molecule has 0 amide bonds. The Morgan fingerprint density at radius 1 is 1.31 bits per heavy atom. The van der Waals surface area contributed by atoms with E-state index in [2.05, 4.69) is 38.4 Å². The van der Waals surface area contributed by atoms with Crippen molar-refractivity contribution >= 4 is 33.3 Å². The maximum Gasteiger partial charge on any atom is 0.255 e. The second kappa shape index (κ2) is 8.27. The van der Waals surface area contributed by atoms with Gasteiger partial charge in [-0.05, 0) is 47.9 Å². The number of nitrogens with zero attached hydrogens (tertiary/aromatic N) is 1. The van der Waals surface area contributed by atoms with Crippen LogP contribution in [-0.4, -0.2) is 51.7 Å². The molecule has 2 aromatic rings.